The molecule has 0 unspecified atom stereocenters. The van der Waals surface area contributed by atoms with Crippen LogP contribution in [-0.2, 0) is 14.9 Å². The molecule has 7 heteroatoms. The van der Waals surface area contributed by atoms with Gasteiger partial charge in [-0.1, -0.05) is 0 Å². The molecular formula is C6H17N3O3S. The quantitative estimate of drug-likeness (QED) is 0.422. The third-order valence-electron chi connectivity index (χ3n) is 1.29. The maximum Gasteiger partial charge on any atom is 0.276 e. The highest BCUT2D eigenvalue weighted by Crippen LogP contribution is 1.81. The van der Waals surface area contributed by atoms with Gasteiger partial charge < -0.3 is 10.5 Å². The molecule has 0 rings (SSSR count). The van der Waals surface area contributed by atoms with Crippen LogP contribution >= 0.6 is 0 Å². The number of ether oxygens (including phenoxy) is 1. The summed E-state index contributed by atoms with van der Waals surface area (Å²) < 4.78 is 31.1. The Labute approximate surface area is 79.0 Å². The van der Waals surface area contributed by atoms with Crippen LogP contribution in [-0.4, -0.2) is 41.8 Å². The molecule has 0 atom stereocenters. The van der Waals surface area contributed by atoms with Gasteiger partial charge in [0.25, 0.3) is 10.2 Å². The Kier molecular flexibility index (Phi) is 7.10. The zero-order chi connectivity index (χ0) is 10.2. The Bertz CT molecular complexity index is 205. The predicted molar refractivity (Wildman–Crippen MR) is 50.5 cm³/mol. The maximum atomic E-state index is 10.8. The van der Waals surface area contributed by atoms with Crippen molar-refractivity contribution < 1.29 is 13.2 Å². The zero-order valence-electron chi connectivity index (χ0n) is 7.75. The van der Waals surface area contributed by atoms with Crippen molar-refractivity contribution >= 4 is 10.2 Å². The normalized spacial score (nSPS) is 11.8. The Hall–Kier alpha value is -0.210. The second-order valence-electron chi connectivity index (χ2n) is 2.36. The van der Waals surface area contributed by atoms with E-state index in [1.54, 1.807) is 0 Å². The lowest BCUT2D eigenvalue weighted by atomic mass is 10.5. The molecule has 0 fully saturated rings. The number of hydrogen-bond acceptors (Lipinski definition) is 4. The third-order valence-corrected chi connectivity index (χ3v) is 2.41. The smallest absolute Gasteiger partial charge is 0.276 e. The summed E-state index contributed by atoms with van der Waals surface area (Å²) >= 11 is 0. The van der Waals surface area contributed by atoms with Crippen LogP contribution in [0.15, 0.2) is 0 Å². The van der Waals surface area contributed by atoms with Gasteiger partial charge in [0.15, 0.2) is 0 Å². The standard InChI is InChI=1S/C6H17N3O3S/c1-8-13(10,11)9-4-2-5-12-6-3-7/h8-9H,2-7H2,1H3. The number of hydrogen-bond donors (Lipinski definition) is 3. The molecule has 6 nitrogen and oxygen atoms in total. The van der Waals surface area contributed by atoms with Crippen molar-refractivity contribution in [1.29, 1.82) is 0 Å². The van der Waals surface area contributed by atoms with E-state index in [1.807, 2.05) is 0 Å². The molecule has 0 aromatic heterocycles. The first kappa shape index (κ1) is 12.8. The third kappa shape index (κ3) is 8.13. The van der Waals surface area contributed by atoms with Gasteiger partial charge in [0.2, 0.25) is 0 Å². The minimum absolute atomic E-state index is 0.369. The van der Waals surface area contributed by atoms with E-state index in [0.717, 1.165) is 0 Å². The van der Waals surface area contributed by atoms with Crippen LogP contribution < -0.4 is 15.2 Å². The first-order valence-corrected chi connectivity index (χ1v) is 5.56. The molecule has 0 saturated heterocycles. The van der Waals surface area contributed by atoms with Crippen LogP contribution in [0.2, 0.25) is 0 Å². The lowest BCUT2D eigenvalue weighted by Crippen LogP contribution is -2.34. The van der Waals surface area contributed by atoms with Gasteiger partial charge in [-0.05, 0) is 6.42 Å². The van der Waals surface area contributed by atoms with Crippen LogP contribution in [0.3, 0.4) is 0 Å². The molecule has 80 valence electrons. The topological polar surface area (TPSA) is 93.5 Å². The van der Waals surface area contributed by atoms with Crippen LogP contribution in [0.1, 0.15) is 6.42 Å². The molecule has 0 aromatic carbocycles. The Morgan fingerprint density at radius 1 is 1.38 bits per heavy atom. The maximum absolute atomic E-state index is 10.8. The van der Waals surface area contributed by atoms with E-state index in [0.29, 0.717) is 32.7 Å². The monoisotopic (exact) mass is 211 g/mol. The van der Waals surface area contributed by atoms with E-state index in [2.05, 4.69) is 9.44 Å². The van der Waals surface area contributed by atoms with Crippen molar-refractivity contribution in [3.63, 3.8) is 0 Å². The highest BCUT2D eigenvalue weighted by molar-refractivity contribution is 7.87. The molecule has 0 aliphatic heterocycles. The van der Waals surface area contributed by atoms with Crippen molar-refractivity contribution in [1.82, 2.24) is 9.44 Å². The van der Waals surface area contributed by atoms with Crippen LogP contribution in [0.5, 0.6) is 0 Å². The molecule has 0 saturated carbocycles. The largest absolute Gasteiger partial charge is 0.380 e. The summed E-state index contributed by atoms with van der Waals surface area (Å²) in [7, 11) is -1.94. The van der Waals surface area contributed by atoms with Gasteiger partial charge >= 0.3 is 0 Å². The number of rotatable bonds is 8. The van der Waals surface area contributed by atoms with Crippen LogP contribution in [0.25, 0.3) is 0 Å². The van der Waals surface area contributed by atoms with E-state index in [4.69, 9.17) is 10.5 Å². The molecule has 0 bridgehead atoms. The summed E-state index contributed by atoms with van der Waals surface area (Å²) in [5.74, 6) is 0. The molecular weight excluding hydrogens is 194 g/mol. The molecule has 4 N–H and O–H groups in total. The zero-order valence-corrected chi connectivity index (χ0v) is 8.56. The fraction of sp³-hybridized carbons (Fsp3) is 1.00. The van der Waals surface area contributed by atoms with E-state index in [9.17, 15) is 8.42 Å². The minimum Gasteiger partial charge on any atom is -0.380 e. The SMILES string of the molecule is CNS(=O)(=O)NCCCOCCN. The second-order valence-corrected chi connectivity index (χ2v) is 4.06. The van der Waals surface area contributed by atoms with Gasteiger partial charge in [-0.2, -0.15) is 8.42 Å². The highest BCUT2D eigenvalue weighted by atomic mass is 32.2. The van der Waals surface area contributed by atoms with Gasteiger partial charge in [0.1, 0.15) is 0 Å². The second kappa shape index (κ2) is 7.22. The molecule has 0 aliphatic carbocycles. The van der Waals surface area contributed by atoms with Crippen molar-refractivity contribution in [3.05, 3.63) is 0 Å². The molecule has 0 aromatic rings. The van der Waals surface area contributed by atoms with E-state index >= 15 is 0 Å². The van der Waals surface area contributed by atoms with Gasteiger partial charge in [0, 0.05) is 26.7 Å². The lowest BCUT2D eigenvalue weighted by Gasteiger charge is -2.04. The first-order valence-electron chi connectivity index (χ1n) is 4.08. The molecule has 0 amide bonds. The number of nitrogens with one attached hydrogen (secondary N) is 2. The van der Waals surface area contributed by atoms with E-state index in [1.165, 1.54) is 7.05 Å². The van der Waals surface area contributed by atoms with E-state index in [-0.39, 0.29) is 0 Å². The average Bonchev–Trinajstić information content (AvgIpc) is 2.11. The summed E-state index contributed by atoms with van der Waals surface area (Å²) in [6, 6.07) is 0. The number of nitrogens with two attached hydrogens (primary N) is 1. The van der Waals surface area contributed by atoms with Gasteiger partial charge in [-0.3, -0.25) is 0 Å². The summed E-state index contributed by atoms with van der Waals surface area (Å²) in [5.41, 5.74) is 5.19. The predicted octanol–water partition coefficient (Wildman–Crippen LogP) is -1.59. The highest BCUT2D eigenvalue weighted by Gasteiger charge is 2.02. The molecule has 0 heterocycles. The first-order chi connectivity index (χ1) is 6.12. The Balaban J connectivity index is 3.26. The van der Waals surface area contributed by atoms with Crippen molar-refractivity contribution in [2.75, 3.05) is 33.4 Å². The van der Waals surface area contributed by atoms with Gasteiger partial charge in [-0.15, -0.1) is 0 Å². The summed E-state index contributed by atoms with van der Waals surface area (Å²) in [6.45, 7) is 1.89. The fourth-order valence-corrected chi connectivity index (χ4v) is 1.20. The van der Waals surface area contributed by atoms with Crippen molar-refractivity contribution in [2.24, 2.45) is 5.73 Å². The molecule has 0 spiro atoms. The summed E-state index contributed by atoms with van der Waals surface area (Å²) in [4.78, 5) is 0. The summed E-state index contributed by atoms with van der Waals surface area (Å²) in [6.07, 6.45) is 0.640. The molecule has 0 radical (unpaired) electrons. The Morgan fingerprint density at radius 3 is 2.62 bits per heavy atom. The van der Waals surface area contributed by atoms with E-state index < -0.39 is 10.2 Å². The van der Waals surface area contributed by atoms with Crippen LogP contribution in [0, 0.1) is 0 Å². The molecule has 0 aliphatic rings. The fourth-order valence-electron chi connectivity index (χ4n) is 0.638. The lowest BCUT2D eigenvalue weighted by molar-refractivity contribution is 0.140. The van der Waals surface area contributed by atoms with Gasteiger partial charge in [-0.25, -0.2) is 9.44 Å². The molecule has 13 heavy (non-hydrogen) atoms. The Morgan fingerprint density at radius 2 is 2.08 bits per heavy atom. The van der Waals surface area contributed by atoms with Crippen molar-refractivity contribution in [3.8, 4) is 0 Å². The summed E-state index contributed by atoms with van der Waals surface area (Å²) in [5, 5.41) is 0. The van der Waals surface area contributed by atoms with Gasteiger partial charge in [0.05, 0.1) is 6.61 Å². The minimum atomic E-state index is -3.29. The average molecular weight is 211 g/mol. The van der Waals surface area contributed by atoms with Crippen LogP contribution in [0.4, 0.5) is 0 Å². The van der Waals surface area contributed by atoms with Crippen molar-refractivity contribution in [2.45, 2.75) is 6.42 Å².